The van der Waals surface area contributed by atoms with Crippen molar-refractivity contribution in [2.75, 3.05) is 52.5 Å². The zero-order valence-corrected chi connectivity index (χ0v) is 19.0. The highest BCUT2D eigenvalue weighted by atomic mass is 16.5. The molecule has 1 aliphatic rings. The standard InChI is InChI=1S/C23H35N5O3/c1-4-24-23(28-14-12-27(13-15-28)18-20-10-16-31-26-20)25-11-9-19-7-8-21(29-5-2)22(17-19)30-6-3/h7-8,10,16-17H,4-6,9,11-15,18H2,1-3H3,(H,24,25). The van der Waals surface area contributed by atoms with Crippen LogP contribution in [-0.4, -0.2) is 73.4 Å². The Hall–Kier alpha value is -2.74. The van der Waals surface area contributed by atoms with Crippen LogP contribution in [-0.2, 0) is 13.0 Å². The molecule has 170 valence electrons. The van der Waals surface area contributed by atoms with Crippen molar-refractivity contribution in [2.45, 2.75) is 33.7 Å². The van der Waals surface area contributed by atoms with Crippen LogP contribution < -0.4 is 14.8 Å². The lowest BCUT2D eigenvalue weighted by Gasteiger charge is -2.36. The first-order chi connectivity index (χ1) is 15.2. The molecule has 3 rings (SSSR count). The molecule has 8 heteroatoms. The fourth-order valence-electron chi connectivity index (χ4n) is 3.63. The molecular formula is C23H35N5O3. The number of hydrogen-bond donors (Lipinski definition) is 1. The molecule has 0 radical (unpaired) electrons. The van der Waals surface area contributed by atoms with Gasteiger partial charge in [-0.2, -0.15) is 0 Å². The maximum Gasteiger partial charge on any atom is 0.194 e. The van der Waals surface area contributed by atoms with Gasteiger partial charge in [0.2, 0.25) is 0 Å². The maximum absolute atomic E-state index is 5.74. The molecule has 31 heavy (non-hydrogen) atoms. The Morgan fingerprint density at radius 2 is 1.84 bits per heavy atom. The summed E-state index contributed by atoms with van der Waals surface area (Å²) < 4.78 is 16.3. The van der Waals surface area contributed by atoms with E-state index < -0.39 is 0 Å². The van der Waals surface area contributed by atoms with Crippen molar-refractivity contribution < 1.29 is 14.0 Å². The highest BCUT2D eigenvalue weighted by molar-refractivity contribution is 5.80. The molecule has 2 heterocycles. The average Bonchev–Trinajstić information content (AvgIpc) is 3.29. The minimum absolute atomic E-state index is 0.620. The molecule has 0 saturated carbocycles. The van der Waals surface area contributed by atoms with E-state index in [2.05, 4.69) is 39.3 Å². The number of hydrogen-bond acceptors (Lipinski definition) is 6. The van der Waals surface area contributed by atoms with Gasteiger partial charge in [0.1, 0.15) is 6.26 Å². The number of nitrogens with one attached hydrogen (secondary N) is 1. The van der Waals surface area contributed by atoms with E-state index in [-0.39, 0.29) is 0 Å². The summed E-state index contributed by atoms with van der Waals surface area (Å²) in [7, 11) is 0. The lowest BCUT2D eigenvalue weighted by molar-refractivity contribution is 0.169. The molecule has 1 aliphatic heterocycles. The van der Waals surface area contributed by atoms with Crippen molar-refractivity contribution in [3.8, 4) is 11.5 Å². The molecule has 0 spiro atoms. The van der Waals surface area contributed by atoms with E-state index in [0.29, 0.717) is 13.2 Å². The Morgan fingerprint density at radius 3 is 2.52 bits per heavy atom. The number of guanidine groups is 1. The zero-order valence-electron chi connectivity index (χ0n) is 19.0. The molecule has 0 aliphatic carbocycles. The second kappa shape index (κ2) is 12.2. The smallest absolute Gasteiger partial charge is 0.194 e. The summed E-state index contributed by atoms with van der Waals surface area (Å²) in [5.41, 5.74) is 2.18. The summed E-state index contributed by atoms with van der Waals surface area (Å²) in [6.07, 6.45) is 2.48. The van der Waals surface area contributed by atoms with Gasteiger partial charge in [-0.3, -0.25) is 9.89 Å². The van der Waals surface area contributed by atoms with Crippen LogP contribution in [0.5, 0.6) is 11.5 Å². The Morgan fingerprint density at radius 1 is 1.06 bits per heavy atom. The maximum atomic E-state index is 5.74. The predicted octanol–water partition coefficient (Wildman–Crippen LogP) is 2.80. The van der Waals surface area contributed by atoms with E-state index >= 15 is 0 Å². The summed E-state index contributed by atoms with van der Waals surface area (Å²) in [4.78, 5) is 9.62. The lowest BCUT2D eigenvalue weighted by atomic mass is 10.1. The molecule has 1 aromatic carbocycles. The number of ether oxygens (including phenoxy) is 2. The summed E-state index contributed by atoms with van der Waals surface area (Å²) in [6, 6.07) is 8.08. The van der Waals surface area contributed by atoms with E-state index in [1.807, 2.05) is 26.0 Å². The Kier molecular flexibility index (Phi) is 9.02. The summed E-state index contributed by atoms with van der Waals surface area (Å²) in [6.45, 7) is 13.6. The topological polar surface area (TPSA) is 75.4 Å². The van der Waals surface area contributed by atoms with E-state index in [9.17, 15) is 0 Å². The normalized spacial score (nSPS) is 15.2. The second-order valence-corrected chi connectivity index (χ2v) is 7.39. The quantitative estimate of drug-likeness (QED) is 0.460. The minimum atomic E-state index is 0.620. The SMILES string of the molecule is CCNC(=NCCc1ccc(OCC)c(OCC)c1)N1CCN(Cc2ccon2)CC1. The summed E-state index contributed by atoms with van der Waals surface area (Å²) in [5.74, 6) is 2.59. The van der Waals surface area contributed by atoms with Gasteiger partial charge >= 0.3 is 0 Å². The van der Waals surface area contributed by atoms with Crippen molar-refractivity contribution in [3.63, 3.8) is 0 Å². The molecule has 2 aromatic rings. The number of piperazine rings is 1. The fraction of sp³-hybridized carbons (Fsp3) is 0.565. The highest BCUT2D eigenvalue weighted by Gasteiger charge is 2.20. The minimum Gasteiger partial charge on any atom is -0.490 e. The monoisotopic (exact) mass is 429 g/mol. The van der Waals surface area contributed by atoms with Crippen LogP contribution in [0.3, 0.4) is 0 Å². The average molecular weight is 430 g/mol. The first-order valence-corrected chi connectivity index (χ1v) is 11.3. The third kappa shape index (κ3) is 6.89. The summed E-state index contributed by atoms with van der Waals surface area (Å²) in [5, 5.41) is 7.46. The highest BCUT2D eigenvalue weighted by Crippen LogP contribution is 2.28. The van der Waals surface area contributed by atoms with Crippen LogP contribution in [0.15, 0.2) is 40.0 Å². The number of aromatic nitrogens is 1. The van der Waals surface area contributed by atoms with Crippen molar-refractivity contribution in [1.29, 1.82) is 0 Å². The van der Waals surface area contributed by atoms with Crippen molar-refractivity contribution in [3.05, 3.63) is 41.8 Å². The number of benzene rings is 1. The van der Waals surface area contributed by atoms with Gasteiger partial charge in [-0.05, 0) is 44.9 Å². The van der Waals surface area contributed by atoms with Crippen LogP contribution in [0.25, 0.3) is 0 Å². The number of aliphatic imine (C=N–C) groups is 1. The second-order valence-electron chi connectivity index (χ2n) is 7.39. The Bertz CT molecular complexity index is 802. The number of nitrogens with zero attached hydrogens (tertiary/aromatic N) is 4. The molecule has 0 amide bonds. The predicted molar refractivity (Wildman–Crippen MR) is 122 cm³/mol. The van der Waals surface area contributed by atoms with Crippen molar-refractivity contribution >= 4 is 5.96 Å². The molecule has 8 nitrogen and oxygen atoms in total. The van der Waals surface area contributed by atoms with Crippen LogP contribution in [0, 0.1) is 0 Å². The van der Waals surface area contributed by atoms with Gasteiger partial charge < -0.3 is 24.2 Å². The molecular weight excluding hydrogens is 394 g/mol. The molecule has 1 fully saturated rings. The van der Waals surface area contributed by atoms with Gasteiger partial charge in [-0.1, -0.05) is 11.2 Å². The molecule has 0 bridgehead atoms. The van der Waals surface area contributed by atoms with Crippen molar-refractivity contribution in [2.24, 2.45) is 4.99 Å². The largest absolute Gasteiger partial charge is 0.490 e. The molecule has 0 atom stereocenters. The summed E-state index contributed by atoms with van der Waals surface area (Å²) >= 11 is 0. The van der Waals surface area contributed by atoms with E-state index in [1.54, 1.807) is 6.26 Å². The third-order valence-corrected chi connectivity index (χ3v) is 5.15. The fourth-order valence-corrected chi connectivity index (χ4v) is 3.63. The van der Waals surface area contributed by atoms with E-state index in [0.717, 1.165) is 75.4 Å². The van der Waals surface area contributed by atoms with Gasteiger partial charge in [-0.25, -0.2) is 0 Å². The first-order valence-electron chi connectivity index (χ1n) is 11.3. The van der Waals surface area contributed by atoms with Crippen LogP contribution in [0.2, 0.25) is 0 Å². The third-order valence-electron chi connectivity index (χ3n) is 5.15. The lowest BCUT2D eigenvalue weighted by Crippen LogP contribution is -2.52. The Balaban J connectivity index is 1.54. The Labute approximate surface area is 185 Å². The van der Waals surface area contributed by atoms with Crippen LogP contribution >= 0.6 is 0 Å². The zero-order chi connectivity index (χ0) is 21.9. The van der Waals surface area contributed by atoms with Gasteiger partial charge in [0.15, 0.2) is 17.5 Å². The molecule has 1 N–H and O–H groups in total. The first kappa shape index (κ1) is 22.9. The van der Waals surface area contributed by atoms with Gasteiger partial charge in [0, 0.05) is 51.9 Å². The van der Waals surface area contributed by atoms with Crippen LogP contribution in [0.4, 0.5) is 0 Å². The van der Waals surface area contributed by atoms with E-state index in [1.165, 1.54) is 5.56 Å². The van der Waals surface area contributed by atoms with Crippen molar-refractivity contribution in [1.82, 2.24) is 20.3 Å². The van der Waals surface area contributed by atoms with E-state index in [4.69, 9.17) is 19.0 Å². The van der Waals surface area contributed by atoms with Gasteiger partial charge in [0.25, 0.3) is 0 Å². The van der Waals surface area contributed by atoms with Crippen LogP contribution in [0.1, 0.15) is 32.0 Å². The van der Waals surface area contributed by atoms with Gasteiger partial charge in [0.05, 0.1) is 18.9 Å². The van der Waals surface area contributed by atoms with Gasteiger partial charge in [-0.15, -0.1) is 0 Å². The number of rotatable bonds is 10. The molecule has 1 aromatic heterocycles. The molecule has 0 unspecified atom stereocenters. The molecule has 1 saturated heterocycles.